The molecule has 0 aliphatic heterocycles. The van der Waals surface area contributed by atoms with Crippen LogP contribution in [0.2, 0.25) is 0 Å². The van der Waals surface area contributed by atoms with E-state index in [-0.39, 0.29) is 5.91 Å². The van der Waals surface area contributed by atoms with Crippen LogP contribution in [-0.4, -0.2) is 33.7 Å². The van der Waals surface area contributed by atoms with Crippen molar-refractivity contribution in [1.82, 2.24) is 15.1 Å². The van der Waals surface area contributed by atoms with Gasteiger partial charge in [0.05, 0.1) is 11.4 Å². The number of nitrogen functional groups attached to an aromatic ring is 1. The Kier molecular flexibility index (Phi) is 5.77. The van der Waals surface area contributed by atoms with Crippen LogP contribution in [0.4, 0.5) is 5.69 Å². The number of nitrogens with zero attached hydrogens (tertiary/aromatic N) is 2. The lowest BCUT2D eigenvalue weighted by Crippen LogP contribution is -2.28. The molecule has 0 bridgehead atoms. The van der Waals surface area contributed by atoms with E-state index in [1.54, 1.807) is 23.4 Å². The number of carbonyl (C=O) groups is 1. The molecule has 0 aliphatic rings. The number of amides is 1. The Labute approximate surface area is 112 Å². The second-order valence-electron chi connectivity index (χ2n) is 3.78. The van der Waals surface area contributed by atoms with Gasteiger partial charge >= 0.3 is 0 Å². The van der Waals surface area contributed by atoms with Crippen molar-refractivity contribution in [3.8, 4) is 0 Å². The van der Waals surface area contributed by atoms with E-state index in [1.165, 1.54) is 0 Å². The summed E-state index contributed by atoms with van der Waals surface area (Å²) < 4.78 is 1.64. The number of nitrogens with one attached hydrogen (secondary N) is 1. The van der Waals surface area contributed by atoms with Gasteiger partial charge < -0.3 is 11.1 Å². The summed E-state index contributed by atoms with van der Waals surface area (Å²) in [4.78, 5) is 12.0. The highest BCUT2D eigenvalue weighted by atomic mass is 32.2. The molecular weight excluding hydrogens is 248 g/mol. The highest BCUT2D eigenvalue weighted by Gasteiger charge is 2.18. The molecule has 1 aromatic heterocycles. The van der Waals surface area contributed by atoms with Crippen molar-refractivity contribution in [3.05, 3.63) is 24.0 Å². The predicted molar refractivity (Wildman–Crippen MR) is 76.9 cm³/mol. The van der Waals surface area contributed by atoms with Crippen LogP contribution >= 0.6 is 11.8 Å². The van der Waals surface area contributed by atoms with Crippen LogP contribution in [-0.2, 0) is 6.54 Å². The highest BCUT2D eigenvalue weighted by molar-refractivity contribution is 7.99. The van der Waals surface area contributed by atoms with Crippen molar-refractivity contribution in [1.29, 1.82) is 0 Å². The molecule has 100 valence electrons. The largest absolute Gasteiger partial charge is 0.395 e. The standard InChI is InChI=1S/C12H20N4OS/c1-4-7-18-8-6-14-12(17)11-10(13)9(3)15-16(11)5-2/h4H,1,5-8,13H2,2-3H3,(H,14,17). The third kappa shape index (κ3) is 3.53. The normalized spacial score (nSPS) is 10.3. The minimum atomic E-state index is -0.158. The van der Waals surface area contributed by atoms with Gasteiger partial charge in [-0.1, -0.05) is 6.08 Å². The summed E-state index contributed by atoms with van der Waals surface area (Å²) in [6.07, 6.45) is 1.85. The maximum atomic E-state index is 12.0. The maximum Gasteiger partial charge on any atom is 0.271 e. The van der Waals surface area contributed by atoms with Gasteiger partial charge in [0.2, 0.25) is 0 Å². The van der Waals surface area contributed by atoms with Crippen molar-refractivity contribution in [2.75, 3.05) is 23.8 Å². The zero-order valence-electron chi connectivity index (χ0n) is 10.9. The minimum Gasteiger partial charge on any atom is -0.395 e. The van der Waals surface area contributed by atoms with E-state index in [0.29, 0.717) is 30.2 Å². The third-order valence-corrected chi connectivity index (χ3v) is 3.42. The van der Waals surface area contributed by atoms with Gasteiger partial charge in [-0.2, -0.15) is 16.9 Å². The number of carbonyl (C=O) groups excluding carboxylic acids is 1. The molecule has 0 aromatic carbocycles. The lowest BCUT2D eigenvalue weighted by Gasteiger charge is -2.07. The van der Waals surface area contributed by atoms with Crippen molar-refractivity contribution in [2.24, 2.45) is 0 Å². The van der Waals surface area contributed by atoms with Crippen LogP contribution in [0.1, 0.15) is 23.1 Å². The summed E-state index contributed by atoms with van der Waals surface area (Å²) in [5.74, 6) is 1.59. The number of thioether (sulfide) groups is 1. The van der Waals surface area contributed by atoms with Gasteiger partial charge in [-0.15, -0.1) is 6.58 Å². The molecule has 0 aliphatic carbocycles. The zero-order chi connectivity index (χ0) is 13.5. The Hall–Kier alpha value is -1.43. The van der Waals surface area contributed by atoms with Gasteiger partial charge in [0.25, 0.3) is 5.91 Å². The number of hydrogen-bond acceptors (Lipinski definition) is 4. The summed E-state index contributed by atoms with van der Waals surface area (Å²) in [5, 5.41) is 7.07. The second kappa shape index (κ2) is 7.10. The molecule has 1 rings (SSSR count). The lowest BCUT2D eigenvalue weighted by molar-refractivity contribution is 0.0946. The Morgan fingerprint density at radius 1 is 1.67 bits per heavy atom. The Bertz CT molecular complexity index is 428. The molecule has 1 heterocycles. The Balaban J connectivity index is 2.58. The first kappa shape index (κ1) is 14.6. The smallest absolute Gasteiger partial charge is 0.271 e. The van der Waals surface area contributed by atoms with Gasteiger partial charge in [0, 0.05) is 24.6 Å². The number of anilines is 1. The SMILES string of the molecule is C=CCSCCNC(=O)c1c(N)c(C)nn1CC. The second-order valence-corrected chi connectivity index (χ2v) is 4.93. The van der Waals surface area contributed by atoms with E-state index >= 15 is 0 Å². The number of rotatable bonds is 7. The predicted octanol–water partition coefficient (Wildman–Crippen LogP) is 1.44. The van der Waals surface area contributed by atoms with Crippen LogP contribution in [0.25, 0.3) is 0 Å². The topological polar surface area (TPSA) is 72.9 Å². The molecule has 0 unspecified atom stereocenters. The molecular formula is C12H20N4OS. The first-order valence-corrected chi connectivity index (χ1v) is 7.07. The van der Waals surface area contributed by atoms with Crippen molar-refractivity contribution in [3.63, 3.8) is 0 Å². The van der Waals surface area contributed by atoms with Crippen LogP contribution in [0, 0.1) is 6.92 Å². The lowest BCUT2D eigenvalue weighted by atomic mass is 10.3. The minimum absolute atomic E-state index is 0.158. The molecule has 0 atom stereocenters. The maximum absolute atomic E-state index is 12.0. The van der Waals surface area contributed by atoms with Gasteiger partial charge in [-0.3, -0.25) is 9.48 Å². The molecule has 1 aromatic rings. The average Bonchev–Trinajstić information content (AvgIpc) is 2.65. The van der Waals surface area contributed by atoms with E-state index in [9.17, 15) is 4.79 Å². The Morgan fingerprint density at radius 2 is 2.39 bits per heavy atom. The Morgan fingerprint density at radius 3 is 3.00 bits per heavy atom. The zero-order valence-corrected chi connectivity index (χ0v) is 11.7. The molecule has 6 heteroatoms. The van der Waals surface area contributed by atoms with Gasteiger partial charge in [0.15, 0.2) is 0 Å². The fourth-order valence-electron chi connectivity index (χ4n) is 1.55. The quantitative estimate of drug-likeness (QED) is 0.580. The van der Waals surface area contributed by atoms with Gasteiger partial charge in [-0.05, 0) is 13.8 Å². The molecule has 0 saturated heterocycles. The monoisotopic (exact) mass is 268 g/mol. The first-order valence-electron chi connectivity index (χ1n) is 5.91. The molecule has 5 nitrogen and oxygen atoms in total. The summed E-state index contributed by atoms with van der Waals surface area (Å²) >= 11 is 1.72. The molecule has 18 heavy (non-hydrogen) atoms. The average molecular weight is 268 g/mol. The molecule has 1 amide bonds. The van der Waals surface area contributed by atoms with Crippen LogP contribution in [0.3, 0.4) is 0 Å². The number of aromatic nitrogens is 2. The van der Waals surface area contributed by atoms with Crippen LogP contribution in [0.5, 0.6) is 0 Å². The van der Waals surface area contributed by atoms with Gasteiger partial charge in [0.1, 0.15) is 5.69 Å². The number of nitrogens with two attached hydrogens (primary N) is 1. The summed E-state index contributed by atoms with van der Waals surface area (Å²) in [5.41, 5.74) is 7.49. The third-order valence-electron chi connectivity index (χ3n) is 2.46. The summed E-state index contributed by atoms with van der Waals surface area (Å²) in [7, 11) is 0. The van der Waals surface area contributed by atoms with Crippen molar-refractivity contribution < 1.29 is 4.79 Å². The molecule has 0 radical (unpaired) electrons. The van der Waals surface area contributed by atoms with Gasteiger partial charge in [-0.25, -0.2) is 0 Å². The first-order chi connectivity index (χ1) is 8.61. The summed E-state index contributed by atoms with van der Waals surface area (Å²) in [6.45, 7) is 8.63. The van der Waals surface area contributed by atoms with Crippen LogP contribution < -0.4 is 11.1 Å². The van der Waals surface area contributed by atoms with Crippen molar-refractivity contribution in [2.45, 2.75) is 20.4 Å². The molecule has 3 N–H and O–H groups in total. The van der Waals surface area contributed by atoms with E-state index in [4.69, 9.17) is 5.73 Å². The van der Waals surface area contributed by atoms with Crippen molar-refractivity contribution >= 4 is 23.4 Å². The molecule has 0 fully saturated rings. The number of hydrogen-bond donors (Lipinski definition) is 2. The fourth-order valence-corrected chi connectivity index (χ4v) is 2.13. The van der Waals surface area contributed by atoms with E-state index in [0.717, 1.165) is 11.5 Å². The van der Waals surface area contributed by atoms with E-state index < -0.39 is 0 Å². The molecule has 0 saturated carbocycles. The molecule has 0 spiro atoms. The highest BCUT2D eigenvalue weighted by Crippen LogP contribution is 2.16. The fraction of sp³-hybridized carbons (Fsp3) is 0.500. The summed E-state index contributed by atoms with van der Waals surface area (Å²) in [6, 6.07) is 0. The number of aryl methyl sites for hydroxylation is 2. The van der Waals surface area contributed by atoms with E-state index in [1.807, 2.05) is 13.0 Å². The van der Waals surface area contributed by atoms with E-state index in [2.05, 4.69) is 17.0 Å². The van der Waals surface area contributed by atoms with Crippen LogP contribution in [0.15, 0.2) is 12.7 Å².